The van der Waals surface area contributed by atoms with E-state index >= 15 is 0 Å². The van der Waals surface area contributed by atoms with Gasteiger partial charge in [-0.3, -0.25) is 0 Å². The Labute approximate surface area is 233 Å². The fraction of sp³-hybridized carbons (Fsp3) is 0. The van der Waals surface area contributed by atoms with Crippen LogP contribution in [0, 0.1) is 0 Å². The molecule has 2 heteroatoms. The van der Waals surface area contributed by atoms with E-state index in [1.54, 1.807) is 11.8 Å². The van der Waals surface area contributed by atoms with Crippen molar-refractivity contribution in [2.75, 3.05) is 0 Å². The monoisotopic (exact) mass is 524 g/mol. The van der Waals surface area contributed by atoms with Crippen LogP contribution in [0.25, 0.3) is 44.5 Å². The molecule has 0 aliphatic rings. The summed E-state index contributed by atoms with van der Waals surface area (Å²) in [7, 11) is 0. The fourth-order valence-corrected chi connectivity index (χ4v) is 6.13. The maximum atomic E-state index is 6.67. The molecular formula is C36H25ClS. The smallest absolute Gasteiger partial charge is 0.0423 e. The Kier molecular flexibility index (Phi) is 7.13. The van der Waals surface area contributed by atoms with Gasteiger partial charge in [0.1, 0.15) is 0 Å². The summed E-state index contributed by atoms with van der Waals surface area (Å²) >= 11 is 8.41. The van der Waals surface area contributed by atoms with Gasteiger partial charge in [0.25, 0.3) is 0 Å². The summed E-state index contributed by atoms with van der Waals surface area (Å²) < 4.78 is 0. The molecule has 0 radical (unpaired) electrons. The Hall–Kier alpha value is -4.04. The van der Waals surface area contributed by atoms with Gasteiger partial charge in [0.05, 0.1) is 0 Å². The molecule has 0 atom stereocenters. The second-order valence-corrected chi connectivity index (χ2v) is 10.7. The lowest BCUT2D eigenvalue weighted by Crippen LogP contribution is -1.87. The summed E-state index contributed by atoms with van der Waals surface area (Å²) in [5, 5.41) is 0.735. The summed E-state index contributed by atoms with van der Waals surface area (Å²) in [5.41, 5.74) is 9.57. The molecule has 6 rings (SSSR count). The van der Waals surface area contributed by atoms with Crippen LogP contribution in [0.2, 0.25) is 5.02 Å². The van der Waals surface area contributed by atoms with Crippen molar-refractivity contribution < 1.29 is 0 Å². The van der Waals surface area contributed by atoms with Crippen molar-refractivity contribution in [3.63, 3.8) is 0 Å². The first kappa shape index (κ1) is 24.3. The lowest BCUT2D eigenvalue weighted by Gasteiger charge is -2.13. The third-order valence-corrected chi connectivity index (χ3v) is 7.77. The molecule has 0 aliphatic heterocycles. The van der Waals surface area contributed by atoms with Gasteiger partial charge in [-0.25, -0.2) is 0 Å². The molecule has 38 heavy (non-hydrogen) atoms. The SMILES string of the molecule is Clc1cc(Sc2cccc(-c3ccccc3-c3ccccc3)c2)cc(-c2ccccc2-c2ccccc2)c1. The standard InChI is InChI=1S/C36H25ClS/c37-30-22-29(36-21-10-8-19-34(36)27-14-5-2-6-15-27)24-32(25-30)38-31-17-11-16-28(23-31)35-20-9-7-18-33(35)26-12-3-1-4-13-26/h1-25H. The van der Waals surface area contributed by atoms with Gasteiger partial charge in [-0.2, -0.15) is 0 Å². The maximum Gasteiger partial charge on any atom is 0.0423 e. The Morgan fingerprint density at radius 1 is 0.342 bits per heavy atom. The van der Waals surface area contributed by atoms with Crippen LogP contribution in [-0.4, -0.2) is 0 Å². The van der Waals surface area contributed by atoms with Crippen molar-refractivity contribution in [1.82, 2.24) is 0 Å². The highest BCUT2D eigenvalue weighted by Gasteiger charge is 2.11. The lowest BCUT2D eigenvalue weighted by atomic mass is 9.95. The zero-order valence-corrected chi connectivity index (χ0v) is 22.3. The first-order valence-corrected chi connectivity index (χ1v) is 13.8. The average molecular weight is 525 g/mol. The maximum absolute atomic E-state index is 6.67. The first-order chi connectivity index (χ1) is 18.7. The van der Waals surface area contributed by atoms with E-state index in [1.165, 1.54) is 43.8 Å². The van der Waals surface area contributed by atoms with E-state index < -0.39 is 0 Å². The molecule has 0 saturated carbocycles. The minimum Gasteiger partial charge on any atom is -0.0900 e. The van der Waals surface area contributed by atoms with Crippen LogP contribution >= 0.6 is 23.4 Å². The van der Waals surface area contributed by atoms with Gasteiger partial charge in [-0.1, -0.05) is 145 Å². The molecule has 0 fully saturated rings. The average Bonchev–Trinajstić information content (AvgIpc) is 2.98. The molecule has 6 aromatic rings. The molecule has 0 saturated heterocycles. The van der Waals surface area contributed by atoms with Gasteiger partial charge in [-0.05, 0) is 74.8 Å². The zero-order valence-electron chi connectivity index (χ0n) is 20.7. The molecule has 182 valence electrons. The molecular weight excluding hydrogens is 500 g/mol. The highest BCUT2D eigenvalue weighted by atomic mass is 35.5. The van der Waals surface area contributed by atoms with E-state index in [0.717, 1.165) is 15.5 Å². The molecule has 0 nitrogen and oxygen atoms in total. The number of rotatable bonds is 6. The van der Waals surface area contributed by atoms with Crippen LogP contribution in [0.15, 0.2) is 161 Å². The van der Waals surface area contributed by atoms with E-state index in [9.17, 15) is 0 Å². The van der Waals surface area contributed by atoms with Gasteiger partial charge in [-0.15, -0.1) is 0 Å². The molecule has 0 unspecified atom stereocenters. The van der Waals surface area contributed by atoms with Crippen molar-refractivity contribution in [3.05, 3.63) is 157 Å². The van der Waals surface area contributed by atoms with Crippen molar-refractivity contribution >= 4 is 23.4 Å². The largest absolute Gasteiger partial charge is 0.0900 e. The van der Waals surface area contributed by atoms with Crippen LogP contribution < -0.4 is 0 Å². The summed E-state index contributed by atoms with van der Waals surface area (Å²) in [4.78, 5) is 2.29. The topological polar surface area (TPSA) is 0 Å². The van der Waals surface area contributed by atoms with E-state index in [0.29, 0.717) is 0 Å². The molecule has 6 aromatic carbocycles. The van der Waals surface area contributed by atoms with Crippen molar-refractivity contribution in [2.45, 2.75) is 9.79 Å². The lowest BCUT2D eigenvalue weighted by molar-refractivity contribution is 1.40. The van der Waals surface area contributed by atoms with Gasteiger partial charge in [0, 0.05) is 14.8 Å². The Balaban J connectivity index is 1.35. The van der Waals surface area contributed by atoms with Gasteiger partial charge < -0.3 is 0 Å². The Morgan fingerprint density at radius 3 is 1.37 bits per heavy atom. The van der Waals surface area contributed by atoms with Crippen LogP contribution in [0.3, 0.4) is 0 Å². The van der Waals surface area contributed by atoms with Crippen molar-refractivity contribution in [2.24, 2.45) is 0 Å². The number of hydrogen-bond acceptors (Lipinski definition) is 1. The van der Waals surface area contributed by atoms with Gasteiger partial charge in [0.15, 0.2) is 0 Å². The van der Waals surface area contributed by atoms with E-state index in [1.807, 2.05) is 12.1 Å². The Bertz CT molecular complexity index is 1690. The predicted octanol–water partition coefficient (Wildman–Crippen LogP) is 11.2. The summed E-state index contributed by atoms with van der Waals surface area (Å²) in [6.07, 6.45) is 0. The number of halogens is 1. The quantitative estimate of drug-likeness (QED) is 0.209. The second kappa shape index (κ2) is 11.1. The normalized spacial score (nSPS) is 10.9. The minimum atomic E-state index is 0.735. The van der Waals surface area contributed by atoms with Crippen LogP contribution in [-0.2, 0) is 0 Å². The predicted molar refractivity (Wildman–Crippen MR) is 164 cm³/mol. The van der Waals surface area contributed by atoms with Gasteiger partial charge in [0.2, 0.25) is 0 Å². The molecule has 0 spiro atoms. The molecule has 0 aromatic heterocycles. The highest BCUT2D eigenvalue weighted by Crippen LogP contribution is 2.39. The molecule has 0 amide bonds. The molecule has 0 N–H and O–H groups in total. The van der Waals surface area contributed by atoms with E-state index in [2.05, 4.69) is 140 Å². The van der Waals surface area contributed by atoms with E-state index in [-0.39, 0.29) is 0 Å². The summed E-state index contributed by atoms with van der Waals surface area (Å²) in [6.45, 7) is 0. The molecule has 0 heterocycles. The minimum absolute atomic E-state index is 0.735. The van der Waals surface area contributed by atoms with Crippen LogP contribution in [0.4, 0.5) is 0 Å². The Morgan fingerprint density at radius 2 is 0.789 bits per heavy atom. The van der Waals surface area contributed by atoms with Crippen molar-refractivity contribution in [1.29, 1.82) is 0 Å². The molecule has 0 bridgehead atoms. The number of benzene rings is 6. The summed E-state index contributed by atoms with van der Waals surface area (Å²) in [5.74, 6) is 0. The zero-order chi connectivity index (χ0) is 25.7. The van der Waals surface area contributed by atoms with Crippen LogP contribution in [0.5, 0.6) is 0 Å². The second-order valence-electron chi connectivity index (χ2n) is 9.13. The number of hydrogen-bond donors (Lipinski definition) is 0. The van der Waals surface area contributed by atoms with Gasteiger partial charge >= 0.3 is 0 Å². The molecule has 0 aliphatic carbocycles. The third-order valence-electron chi connectivity index (χ3n) is 6.59. The summed E-state index contributed by atoms with van der Waals surface area (Å²) in [6, 6.07) is 53.3. The fourth-order valence-electron chi connectivity index (χ4n) is 4.85. The van der Waals surface area contributed by atoms with E-state index in [4.69, 9.17) is 11.6 Å². The first-order valence-electron chi connectivity index (χ1n) is 12.6. The highest BCUT2D eigenvalue weighted by molar-refractivity contribution is 7.99. The van der Waals surface area contributed by atoms with Crippen molar-refractivity contribution in [3.8, 4) is 44.5 Å². The third kappa shape index (κ3) is 5.31. The van der Waals surface area contributed by atoms with Crippen LogP contribution in [0.1, 0.15) is 0 Å².